The Hall–Kier alpha value is -1.76. The van der Waals surface area contributed by atoms with E-state index in [1.54, 1.807) is 24.3 Å². The maximum absolute atomic E-state index is 12.1. The second-order valence-electron chi connectivity index (χ2n) is 4.28. The van der Waals surface area contributed by atoms with Crippen LogP contribution in [0.2, 0.25) is 0 Å². The Morgan fingerprint density at radius 2 is 1.95 bits per heavy atom. The molecule has 1 atom stereocenters. The van der Waals surface area contributed by atoms with E-state index in [-0.39, 0.29) is 5.84 Å². The molecule has 106 valence electrons. The maximum atomic E-state index is 12.1. The second-order valence-corrected chi connectivity index (χ2v) is 4.28. The molecule has 1 aromatic rings. The van der Waals surface area contributed by atoms with Gasteiger partial charge in [0, 0.05) is 18.2 Å². The monoisotopic (exact) mass is 275 g/mol. The van der Waals surface area contributed by atoms with Gasteiger partial charge in [-0.05, 0) is 12.5 Å². The van der Waals surface area contributed by atoms with E-state index in [1.165, 1.54) is 6.92 Å². The first-order chi connectivity index (χ1) is 8.81. The molecule has 19 heavy (non-hydrogen) atoms. The first-order valence-electron chi connectivity index (χ1n) is 5.69. The van der Waals surface area contributed by atoms with E-state index >= 15 is 0 Å². The number of halogens is 3. The van der Waals surface area contributed by atoms with Crippen LogP contribution in [0.1, 0.15) is 24.5 Å². The minimum Gasteiger partial charge on any atom is -0.409 e. The summed E-state index contributed by atoms with van der Waals surface area (Å²) in [7, 11) is 0. The molecule has 0 aliphatic rings. The van der Waals surface area contributed by atoms with Gasteiger partial charge in [0.1, 0.15) is 0 Å². The van der Waals surface area contributed by atoms with Crippen molar-refractivity contribution in [3.63, 3.8) is 0 Å². The molecule has 1 unspecified atom stereocenters. The molecule has 0 bridgehead atoms. The van der Waals surface area contributed by atoms with Crippen LogP contribution in [0.15, 0.2) is 29.4 Å². The van der Waals surface area contributed by atoms with Gasteiger partial charge < -0.3 is 16.3 Å². The van der Waals surface area contributed by atoms with Crippen LogP contribution < -0.4 is 11.1 Å². The molecule has 0 aliphatic heterocycles. The quantitative estimate of drug-likeness (QED) is 0.334. The van der Waals surface area contributed by atoms with Crippen LogP contribution in [0.25, 0.3) is 0 Å². The van der Waals surface area contributed by atoms with Gasteiger partial charge in [-0.2, -0.15) is 13.2 Å². The highest BCUT2D eigenvalue weighted by Gasteiger charge is 2.29. The summed E-state index contributed by atoms with van der Waals surface area (Å²) < 4.78 is 36.4. The number of nitrogens with zero attached hydrogens (tertiary/aromatic N) is 1. The van der Waals surface area contributed by atoms with Crippen molar-refractivity contribution < 1.29 is 18.4 Å². The van der Waals surface area contributed by atoms with E-state index in [0.717, 1.165) is 5.56 Å². The molecule has 0 saturated carbocycles. The summed E-state index contributed by atoms with van der Waals surface area (Å²) in [5.74, 6) is -0.00931. The minimum atomic E-state index is -4.16. The zero-order chi connectivity index (χ0) is 14.5. The van der Waals surface area contributed by atoms with Crippen molar-refractivity contribution in [2.75, 3.05) is 0 Å². The molecule has 0 aromatic heterocycles. The SMILES string of the molecule is CC(CC(F)(F)F)NCc1ccc(/C(N)=N/O)cc1. The van der Waals surface area contributed by atoms with Crippen LogP contribution in [0, 0.1) is 0 Å². The summed E-state index contributed by atoms with van der Waals surface area (Å²) in [6.45, 7) is 1.81. The summed E-state index contributed by atoms with van der Waals surface area (Å²) in [5.41, 5.74) is 6.77. The number of hydrogen-bond acceptors (Lipinski definition) is 3. The first kappa shape index (κ1) is 15.3. The van der Waals surface area contributed by atoms with Gasteiger partial charge >= 0.3 is 6.18 Å². The summed E-state index contributed by atoms with van der Waals surface area (Å²) in [6.07, 6.45) is -5.03. The third-order valence-electron chi connectivity index (χ3n) is 2.55. The van der Waals surface area contributed by atoms with E-state index in [9.17, 15) is 13.2 Å². The summed E-state index contributed by atoms with van der Waals surface area (Å²) in [5, 5.41) is 14.1. The van der Waals surface area contributed by atoms with Crippen LogP contribution in [-0.4, -0.2) is 23.3 Å². The number of alkyl halides is 3. The predicted octanol–water partition coefficient (Wildman–Crippen LogP) is 2.21. The van der Waals surface area contributed by atoms with Crippen LogP contribution in [-0.2, 0) is 6.54 Å². The van der Waals surface area contributed by atoms with Crippen LogP contribution in [0.3, 0.4) is 0 Å². The third-order valence-corrected chi connectivity index (χ3v) is 2.55. The molecule has 7 heteroatoms. The number of oxime groups is 1. The number of nitrogens with two attached hydrogens (primary N) is 1. The van der Waals surface area contributed by atoms with Gasteiger partial charge in [-0.15, -0.1) is 0 Å². The van der Waals surface area contributed by atoms with Gasteiger partial charge in [-0.25, -0.2) is 0 Å². The number of hydrogen-bond donors (Lipinski definition) is 3. The third kappa shape index (κ3) is 5.60. The Labute approximate surface area is 109 Å². The van der Waals surface area contributed by atoms with E-state index in [0.29, 0.717) is 12.1 Å². The number of rotatable bonds is 5. The predicted molar refractivity (Wildman–Crippen MR) is 65.9 cm³/mol. The lowest BCUT2D eigenvalue weighted by Crippen LogP contribution is -2.30. The normalized spacial score (nSPS) is 14.4. The molecule has 1 rings (SSSR count). The van der Waals surface area contributed by atoms with Crippen molar-refractivity contribution in [3.05, 3.63) is 35.4 Å². The van der Waals surface area contributed by atoms with Gasteiger partial charge in [-0.3, -0.25) is 0 Å². The highest BCUT2D eigenvalue weighted by Crippen LogP contribution is 2.21. The fourth-order valence-electron chi connectivity index (χ4n) is 1.56. The van der Waals surface area contributed by atoms with E-state index in [2.05, 4.69) is 10.5 Å². The van der Waals surface area contributed by atoms with Crippen molar-refractivity contribution in [2.24, 2.45) is 10.9 Å². The van der Waals surface area contributed by atoms with Crippen molar-refractivity contribution >= 4 is 5.84 Å². The van der Waals surface area contributed by atoms with E-state index in [4.69, 9.17) is 10.9 Å². The summed E-state index contributed by atoms with van der Waals surface area (Å²) in [4.78, 5) is 0. The van der Waals surface area contributed by atoms with Gasteiger partial charge in [-0.1, -0.05) is 29.4 Å². The Kier molecular flexibility index (Phi) is 5.17. The Morgan fingerprint density at radius 1 is 1.37 bits per heavy atom. The molecule has 0 aliphatic carbocycles. The fourth-order valence-corrected chi connectivity index (χ4v) is 1.56. The Bertz CT molecular complexity index is 429. The lowest BCUT2D eigenvalue weighted by Gasteiger charge is -2.15. The summed E-state index contributed by atoms with van der Waals surface area (Å²) in [6, 6.07) is 6.05. The van der Waals surface area contributed by atoms with Crippen molar-refractivity contribution in [3.8, 4) is 0 Å². The van der Waals surface area contributed by atoms with Crippen molar-refractivity contribution in [2.45, 2.75) is 32.1 Å². The zero-order valence-electron chi connectivity index (χ0n) is 10.4. The molecule has 0 amide bonds. The van der Waals surface area contributed by atoms with E-state index in [1.807, 2.05) is 0 Å². The zero-order valence-corrected chi connectivity index (χ0v) is 10.4. The minimum absolute atomic E-state index is 0.00931. The van der Waals surface area contributed by atoms with Gasteiger partial charge in [0.05, 0.1) is 6.42 Å². The molecule has 0 radical (unpaired) electrons. The number of amidine groups is 1. The highest BCUT2D eigenvalue weighted by molar-refractivity contribution is 5.96. The average molecular weight is 275 g/mol. The molecule has 1 aromatic carbocycles. The molecular weight excluding hydrogens is 259 g/mol. The number of benzene rings is 1. The largest absolute Gasteiger partial charge is 0.409 e. The second kappa shape index (κ2) is 6.42. The van der Waals surface area contributed by atoms with Crippen molar-refractivity contribution in [1.29, 1.82) is 0 Å². The molecule has 0 saturated heterocycles. The van der Waals surface area contributed by atoms with Gasteiger partial charge in [0.2, 0.25) is 0 Å². The highest BCUT2D eigenvalue weighted by atomic mass is 19.4. The fraction of sp³-hybridized carbons (Fsp3) is 0.417. The Balaban J connectivity index is 2.50. The van der Waals surface area contributed by atoms with E-state index < -0.39 is 18.6 Å². The first-order valence-corrected chi connectivity index (χ1v) is 5.69. The smallest absolute Gasteiger partial charge is 0.390 e. The molecule has 4 N–H and O–H groups in total. The standard InChI is InChI=1S/C12H16F3N3O/c1-8(6-12(13,14)15)17-7-9-2-4-10(5-3-9)11(16)18-19/h2-5,8,17,19H,6-7H2,1H3,(H2,16,18). The molecule has 0 spiro atoms. The van der Waals surface area contributed by atoms with Gasteiger partial charge in [0.25, 0.3) is 0 Å². The molecule has 0 fully saturated rings. The van der Waals surface area contributed by atoms with Crippen LogP contribution in [0.5, 0.6) is 0 Å². The topological polar surface area (TPSA) is 70.6 Å². The van der Waals surface area contributed by atoms with Gasteiger partial charge in [0.15, 0.2) is 5.84 Å². The molecule has 4 nitrogen and oxygen atoms in total. The maximum Gasteiger partial charge on any atom is 0.390 e. The lowest BCUT2D eigenvalue weighted by atomic mass is 10.1. The summed E-state index contributed by atoms with van der Waals surface area (Å²) >= 11 is 0. The lowest BCUT2D eigenvalue weighted by molar-refractivity contribution is -0.139. The Morgan fingerprint density at radius 3 is 2.42 bits per heavy atom. The number of nitrogens with one attached hydrogen (secondary N) is 1. The molecule has 0 heterocycles. The van der Waals surface area contributed by atoms with Crippen molar-refractivity contribution in [1.82, 2.24) is 5.32 Å². The average Bonchev–Trinajstić information content (AvgIpc) is 2.34. The molecular formula is C12H16F3N3O. The van der Waals surface area contributed by atoms with Crippen LogP contribution in [0.4, 0.5) is 13.2 Å². The van der Waals surface area contributed by atoms with Crippen LogP contribution >= 0.6 is 0 Å².